The summed E-state index contributed by atoms with van der Waals surface area (Å²) in [7, 11) is 0. The Kier molecular flexibility index (Phi) is 5.45. The average molecular weight is 284 g/mol. The lowest BCUT2D eigenvalue weighted by molar-refractivity contribution is -0.137. The summed E-state index contributed by atoms with van der Waals surface area (Å²) in [5, 5.41) is 2.06. The first-order chi connectivity index (χ1) is 9.39. The van der Waals surface area contributed by atoms with Gasteiger partial charge in [0, 0.05) is 18.1 Å². The molecular weight excluding hydrogens is 273 g/mol. The second kappa shape index (κ2) is 7.07. The average Bonchev–Trinajstić information content (AvgIpc) is 2.40. The maximum atomic E-state index is 12.2. The Morgan fingerprint density at radius 3 is 2.20 bits per heavy atom. The molecule has 0 aliphatic rings. The van der Waals surface area contributed by atoms with Gasteiger partial charge in [-0.1, -0.05) is 6.07 Å². The fourth-order valence-electron chi connectivity index (χ4n) is 1.17. The van der Waals surface area contributed by atoms with Crippen LogP contribution in [-0.4, -0.2) is 16.0 Å². The summed E-state index contributed by atoms with van der Waals surface area (Å²) in [6.07, 6.45) is 0.454. The van der Waals surface area contributed by atoms with E-state index in [0.29, 0.717) is 0 Å². The third-order valence-corrected chi connectivity index (χ3v) is 1.94. The first kappa shape index (κ1) is 15.4. The Hall–Kier alpha value is -2.64. The highest BCUT2D eigenvalue weighted by Crippen LogP contribution is 2.30. The monoisotopic (exact) mass is 284 g/mol. The number of benzene rings is 1. The van der Waals surface area contributed by atoms with Crippen LogP contribution >= 0.6 is 0 Å². The van der Waals surface area contributed by atoms with E-state index in [1.807, 2.05) is 0 Å². The number of halogens is 3. The number of anilines is 1. The van der Waals surface area contributed by atoms with E-state index in [2.05, 4.69) is 15.3 Å². The predicted molar refractivity (Wildman–Crippen MR) is 66.7 cm³/mol. The fraction of sp³-hybridized carbons (Fsp3) is 0.0833. The largest absolute Gasteiger partial charge is 0.416 e. The van der Waals surface area contributed by atoms with Gasteiger partial charge in [0.1, 0.15) is 6.33 Å². The van der Waals surface area contributed by atoms with E-state index < -0.39 is 17.8 Å². The molecule has 8 heteroatoms. The van der Waals surface area contributed by atoms with Crippen LogP contribution in [0.1, 0.15) is 5.56 Å². The van der Waals surface area contributed by atoms with Gasteiger partial charge in [0.25, 0.3) is 0 Å². The minimum absolute atomic E-state index is 0.0207. The first-order valence-corrected chi connectivity index (χ1v) is 5.33. The van der Waals surface area contributed by atoms with Crippen molar-refractivity contribution in [1.82, 2.24) is 9.97 Å². The molecule has 5 nitrogen and oxygen atoms in total. The number of nitrogens with two attached hydrogens (primary N) is 1. The van der Waals surface area contributed by atoms with E-state index >= 15 is 0 Å². The second-order valence-electron chi connectivity index (χ2n) is 3.47. The molecule has 0 saturated carbocycles. The zero-order valence-electron chi connectivity index (χ0n) is 10.1. The Morgan fingerprint density at radius 1 is 1.15 bits per heavy atom. The van der Waals surface area contributed by atoms with Crippen molar-refractivity contribution in [2.24, 2.45) is 5.73 Å². The number of alkyl halides is 3. The molecule has 0 saturated heterocycles. The molecule has 3 N–H and O–H groups in total. The van der Waals surface area contributed by atoms with Crippen molar-refractivity contribution in [3.05, 3.63) is 54.6 Å². The van der Waals surface area contributed by atoms with Crippen molar-refractivity contribution in [1.29, 1.82) is 0 Å². The van der Waals surface area contributed by atoms with Crippen molar-refractivity contribution >= 4 is 11.7 Å². The quantitative estimate of drug-likeness (QED) is 0.844. The minimum Gasteiger partial charge on any atom is -0.351 e. The number of nitrogens with one attached hydrogen (secondary N) is 1. The smallest absolute Gasteiger partial charge is 0.351 e. The SMILES string of the molecule is NC(=O)Nc1cccc(C(F)(F)F)c1.c1cncnc1. The van der Waals surface area contributed by atoms with Gasteiger partial charge in [-0.2, -0.15) is 13.2 Å². The molecule has 1 aromatic carbocycles. The van der Waals surface area contributed by atoms with Gasteiger partial charge < -0.3 is 11.1 Å². The van der Waals surface area contributed by atoms with Gasteiger partial charge in [-0.3, -0.25) is 0 Å². The number of carbonyl (C=O) groups excluding carboxylic acids is 1. The maximum absolute atomic E-state index is 12.2. The molecule has 1 heterocycles. The van der Waals surface area contributed by atoms with Gasteiger partial charge >= 0.3 is 12.2 Å². The standard InChI is InChI=1S/C8H7F3N2O.C4H4N2/c9-8(10,11)5-2-1-3-6(4-5)13-7(12)14;1-2-5-4-6-3-1/h1-4H,(H3,12,13,14);1-4H. The van der Waals surface area contributed by atoms with Crippen LogP contribution in [0.5, 0.6) is 0 Å². The molecule has 0 unspecified atom stereocenters. The van der Waals surface area contributed by atoms with Crippen LogP contribution in [0.2, 0.25) is 0 Å². The zero-order valence-corrected chi connectivity index (χ0v) is 10.1. The lowest BCUT2D eigenvalue weighted by atomic mass is 10.2. The summed E-state index contributed by atoms with van der Waals surface area (Å²) in [5.41, 5.74) is 3.94. The Bertz CT molecular complexity index is 519. The maximum Gasteiger partial charge on any atom is 0.416 e. The van der Waals surface area contributed by atoms with Crippen LogP contribution in [0, 0.1) is 0 Å². The highest BCUT2D eigenvalue weighted by Gasteiger charge is 2.30. The van der Waals surface area contributed by atoms with Crippen molar-refractivity contribution < 1.29 is 18.0 Å². The molecule has 0 aliphatic carbocycles. The number of nitrogens with zero attached hydrogens (tertiary/aromatic N) is 2. The van der Waals surface area contributed by atoms with Crippen LogP contribution < -0.4 is 11.1 Å². The highest BCUT2D eigenvalue weighted by molar-refractivity contribution is 5.87. The highest BCUT2D eigenvalue weighted by atomic mass is 19.4. The topological polar surface area (TPSA) is 80.9 Å². The Morgan fingerprint density at radius 2 is 1.80 bits per heavy atom. The molecule has 106 valence electrons. The molecule has 0 bridgehead atoms. The summed E-state index contributed by atoms with van der Waals surface area (Å²) in [5.74, 6) is 0. The zero-order chi connectivity index (χ0) is 15.0. The third-order valence-electron chi connectivity index (χ3n) is 1.94. The number of amides is 2. The molecule has 0 spiro atoms. The van der Waals surface area contributed by atoms with E-state index in [1.54, 1.807) is 18.5 Å². The number of hydrogen-bond acceptors (Lipinski definition) is 3. The molecule has 2 rings (SSSR count). The van der Waals surface area contributed by atoms with E-state index in [4.69, 9.17) is 5.73 Å². The van der Waals surface area contributed by atoms with Crippen LogP contribution in [0.4, 0.5) is 23.7 Å². The van der Waals surface area contributed by atoms with Crippen LogP contribution in [-0.2, 0) is 6.18 Å². The number of urea groups is 1. The van der Waals surface area contributed by atoms with Gasteiger partial charge in [0.2, 0.25) is 0 Å². The molecular formula is C12H11F3N4O. The predicted octanol–water partition coefficient (Wildman–Crippen LogP) is 2.67. The summed E-state index contributed by atoms with van der Waals surface area (Å²) in [6, 6.07) is 5.11. The van der Waals surface area contributed by atoms with E-state index in [1.165, 1.54) is 18.5 Å². The number of carbonyl (C=O) groups is 1. The van der Waals surface area contributed by atoms with Gasteiger partial charge in [0.05, 0.1) is 5.56 Å². The number of rotatable bonds is 1. The van der Waals surface area contributed by atoms with Crippen molar-refractivity contribution in [3.63, 3.8) is 0 Å². The van der Waals surface area contributed by atoms with Gasteiger partial charge in [0.15, 0.2) is 0 Å². The lowest BCUT2D eigenvalue weighted by Crippen LogP contribution is -2.19. The Labute approximate surface area is 112 Å². The molecule has 0 radical (unpaired) electrons. The van der Waals surface area contributed by atoms with Crippen LogP contribution in [0.15, 0.2) is 49.1 Å². The third kappa shape index (κ3) is 5.80. The van der Waals surface area contributed by atoms with Crippen molar-refractivity contribution in [3.8, 4) is 0 Å². The minimum atomic E-state index is -4.42. The second-order valence-corrected chi connectivity index (χ2v) is 3.47. The van der Waals surface area contributed by atoms with Crippen molar-refractivity contribution in [2.75, 3.05) is 5.32 Å². The summed E-state index contributed by atoms with van der Waals surface area (Å²) < 4.78 is 36.5. The molecule has 20 heavy (non-hydrogen) atoms. The fourth-order valence-corrected chi connectivity index (χ4v) is 1.17. The number of aromatic nitrogens is 2. The summed E-state index contributed by atoms with van der Waals surface area (Å²) >= 11 is 0. The van der Waals surface area contributed by atoms with Crippen LogP contribution in [0.25, 0.3) is 0 Å². The van der Waals surface area contributed by atoms with Gasteiger partial charge in [-0.05, 0) is 24.3 Å². The molecule has 0 atom stereocenters. The molecule has 0 aliphatic heterocycles. The molecule has 1 aromatic heterocycles. The normalized spacial score (nSPS) is 10.2. The summed E-state index contributed by atoms with van der Waals surface area (Å²) in [6.45, 7) is 0. The first-order valence-electron chi connectivity index (χ1n) is 5.33. The van der Waals surface area contributed by atoms with E-state index in [0.717, 1.165) is 12.1 Å². The molecule has 0 fully saturated rings. The summed E-state index contributed by atoms with van der Waals surface area (Å²) in [4.78, 5) is 17.7. The van der Waals surface area contributed by atoms with Gasteiger partial charge in [-0.25, -0.2) is 14.8 Å². The van der Waals surface area contributed by atoms with E-state index in [-0.39, 0.29) is 5.69 Å². The van der Waals surface area contributed by atoms with Gasteiger partial charge in [-0.15, -0.1) is 0 Å². The number of primary amides is 1. The number of hydrogen-bond donors (Lipinski definition) is 2. The van der Waals surface area contributed by atoms with Crippen LogP contribution in [0.3, 0.4) is 0 Å². The molecule has 2 aromatic rings. The Balaban J connectivity index is 0.000000276. The van der Waals surface area contributed by atoms with Crippen molar-refractivity contribution in [2.45, 2.75) is 6.18 Å². The molecule has 2 amide bonds. The lowest BCUT2D eigenvalue weighted by Gasteiger charge is -2.08. The van der Waals surface area contributed by atoms with E-state index in [9.17, 15) is 18.0 Å².